The molecule has 0 bridgehead atoms. The number of halogens is 1. The molecule has 21 nitrogen and oxygen atoms in total. The van der Waals surface area contributed by atoms with Crippen molar-refractivity contribution >= 4 is 46.8 Å². The molecule has 0 spiro atoms. The van der Waals surface area contributed by atoms with Gasteiger partial charge in [-0.15, -0.1) is 10.2 Å². The zero-order valence-corrected chi connectivity index (χ0v) is 44.4. The smallest absolute Gasteiger partial charge is 0.262 e. The lowest BCUT2D eigenvalue weighted by molar-refractivity contribution is -0.136. The summed E-state index contributed by atoms with van der Waals surface area (Å²) in [5, 5.41) is 21.4. The van der Waals surface area contributed by atoms with Gasteiger partial charge in [0.05, 0.1) is 74.5 Å². The number of anilines is 2. The number of benzene rings is 3. The van der Waals surface area contributed by atoms with Crippen molar-refractivity contribution in [2.75, 3.05) is 95.7 Å². The molecular weight excluding hydrogens is 1020 g/mol. The molecule has 0 aliphatic carbocycles. The maximum atomic E-state index is 15.3. The van der Waals surface area contributed by atoms with E-state index in [-0.39, 0.29) is 60.5 Å². The summed E-state index contributed by atoms with van der Waals surface area (Å²) in [6.07, 6.45) is 9.09. The summed E-state index contributed by atoms with van der Waals surface area (Å²) >= 11 is 0. The van der Waals surface area contributed by atoms with Crippen LogP contribution in [0.25, 0.3) is 11.4 Å². The van der Waals surface area contributed by atoms with Gasteiger partial charge in [-0.2, -0.15) is 0 Å². The summed E-state index contributed by atoms with van der Waals surface area (Å²) in [5.41, 5.74) is 2.78. The van der Waals surface area contributed by atoms with Crippen molar-refractivity contribution in [1.29, 1.82) is 0 Å². The van der Waals surface area contributed by atoms with Gasteiger partial charge < -0.3 is 49.7 Å². The summed E-state index contributed by atoms with van der Waals surface area (Å²) in [6, 6.07) is 20.2. The first kappa shape index (κ1) is 56.1. The monoisotopic (exact) mass is 1090 g/mol. The predicted octanol–water partition coefficient (Wildman–Crippen LogP) is 5.32. The van der Waals surface area contributed by atoms with Crippen molar-refractivity contribution in [2.45, 2.75) is 82.3 Å². The quantitative estimate of drug-likeness (QED) is 0.0347. The number of carbonyl (C=O) groups excluding carboxylic acids is 6. The van der Waals surface area contributed by atoms with Gasteiger partial charge in [0.25, 0.3) is 17.7 Å². The zero-order valence-electron chi connectivity index (χ0n) is 44.4. The van der Waals surface area contributed by atoms with Crippen molar-refractivity contribution in [3.05, 3.63) is 119 Å². The molecule has 9 rings (SSSR count). The van der Waals surface area contributed by atoms with E-state index in [1.807, 2.05) is 67.6 Å². The molecule has 3 saturated heterocycles. The molecule has 4 aliphatic heterocycles. The molecular formula is C57H68FN11O10. The SMILES string of the molecule is C[C@@H](NC(=O)c1cccc(NC2(c3nnc(-c4ccncc4)[nH]3)CCNCC2)c1)c1ccc(OCCCCCCOCCOCCOCCC(=O)N2CCN(c3cc4c(cc3F)C(=O)N(C3CCC(=O)NC3=O)C4=O)CC2)cc1. The van der Waals surface area contributed by atoms with Crippen LogP contribution in [0, 0.1) is 5.82 Å². The third-order valence-corrected chi connectivity index (χ3v) is 14.7. The molecule has 1 unspecified atom stereocenters. The topological polar surface area (TPSA) is 252 Å². The number of rotatable bonds is 26. The normalized spacial score (nSPS) is 17.6. The van der Waals surface area contributed by atoms with Crippen LogP contribution in [0.3, 0.4) is 0 Å². The average Bonchev–Trinajstić information content (AvgIpc) is 4.26. The first-order valence-electron chi connectivity index (χ1n) is 27.2. The minimum absolute atomic E-state index is 0.00122. The molecule has 79 heavy (non-hydrogen) atoms. The second-order valence-electron chi connectivity index (χ2n) is 20.1. The second-order valence-corrected chi connectivity index (χ2v) is 20.1. The summed E-state index contributed by atoms with van der Waals surface area (Å²) in [6.45, 7) is 7.98. The molecule has 0 radical (unpaired) electrons. The number of pyridine rings is 1. The number of nitrogens with zero attached hydrogens (tertiary/aromatic N) is 6. The molecule has 22 heteroatoms. The fourth-order valence-corrected chi connectivity index (χ4v) is 10.2. The Kier molecular flexibility index (Phi) is 19.0. The Labute approximate surface area is 457 Å². The second kappa shape index (κ2) is 26.8. The molecule has 3 aromatic carbocycles. The van der Waals surface area contributed by atoms with Gasteiger partial charge in [-0.1, -0.05) is 24.6 Å². The number of fused-ring (bicyclic) bond motifs is 1. The number of hydrogen-bond donors (Lipinski definition) is 5. The lowest BCUT2D eigenvalue weighted by Crippen LogP contribution is -2.54. The van der Waals surface area contributed by atoms with Crippen LogP contribution >= 0.6 is 0 Å². The molecule has 5 aromatic rings. The number of amides is 6. The molecule has 3 fully saturated rings. The number of ether oxygens (including phenoxy) is 4. The van der Waals surface area contributed by atoms with Crippen LogP contribution in [-0.4, -0.2) is 157 Å². The number of piperazine rings is 1. The first-order chi connectivity index (χ1) is 38.5. The van der Waals surface area contributed by atoms with Crippen LogP contribution in [0.15, 0.2) is 85.2 Å². The van der Waals surface area contributed by atoms with E-state index < -0.39 is 41.0 Å². The number of aromatic amines is 1. The number of H-pyrrole nitrogens is 1. The first-order valence-corrected chi connectivity index (χ1v) is 27.2. The Bertz CT molecular complexity index is 2930. The van der Waals surface area contributed by atoms with E-state index in [0.717, 1.165) is 91.0 Å². The molecule has 4 aliphatic rings. The Balaban J connectivity index is 0.578. The van der Waals surface area contributed by atoms with Gasteiger partial charge >= 0.3 is 0 Å². The summed E-state index contributed by atoms with van der Waals surface area (Å²) in [5.74, 6) is -1.42. The molecule has 418 valence electrons. The molecule has 5 N–H and O–H groups in total. The Morgan fingerprint density at radius 1 is 0.785 bits per heavy atom. The van der Waals surface area contributed by atoms with Crippen LogP contribution in [0.1, 0.15) is 113 Å². The van der Waals surface area contributed by atoms with Gasteiger partial charge in [0.2, 0.25) is 17.7 Å². The van der Waals surface area contributed by atoms with Gasteiger partial charge in [0.1, 0.15) is 17.6 Å². The predicted molar refractivity (Wildman–Crippen MR) is 289 cm³/mol. The number of unbranched alkanes of at least 4 members (excludes halogenated alkanes) is 3. The largest absolute Gasteiger partial charge is 0.494 e. The third kappa shape index (κ3) is 14.2. The van der Waals surface area contributed by atoms with Crippen LogP contribution in [0.5, 0.6) is 5.75 Å². The summed E-state index contributed by atoms with van der Waals surface area (Å²) < 4.78 is 38.3. The Morgan fingerprint density at radius 2 is 1.47 bits per heavy atom. The summed E-state index contributed by atoms with van der Waals surface area (Å²) in [7, 11) is 0. The van der Waals surface area contributed by atoms with Gasteiger partial charge in [-0.25, -0.2) is 4.39 Å². The highest BCUT2D eigenvalue weighted by molar-refractivity contribution is 6.23. The van der Waals surface area contributed by atoms with E-state index in [1.54, 1.807) is 22.2 Å². The lowest BCUT2D eigenvalue weighted by Gasteiger charge is -2.37. The maximum absolute atomic E-state index is 15.3. The van der Waals surface area contributed by atoms with Gasteiger partial charge in [0.15, 0.2) is 11.6 Å². The number of nitrogens with one attached hydrogen (secondary N) is 5. The highest BCUT2D eigenvalue weighted by Crippen LogP contribution is 2.35. The van der Waals surface area contributed by atoms with Crippen molar-refractivity contribution in [2.24, 2.45) is 0 Å². The number of carbonyl (C=O) groups is 6. The van der Waals surface area contributed by atoms with E-state index in [2.05, 4.69) is 41.4 Å². The van der Waals surface area contributed by atoms with E-state index in [9.17, 15) is 28.8 Å². The highest BCUT2D eigenvalue weighted by atomic mass is 19.1. The number of piperidine rings is 2. The van der Waals surface area contributed by atoms with Crippen molar-refractivity contribution in [3.8, 4) is 17.1 Å². The van der Waals surface area contributed by atoms with Crippen molar-refractivity contribution < 1.29 is 52.1 Å². The fraction of sp³-hybridized carbons (Fsp3) is 0.456. The van der Waals surface area contributed by atoms with E-state index in [1.165, 1.54) is 6.07 Å². The minimum atomic E-state index is -1.14. The Morgan fingerprint density at radius 3 is 2.19 bits per heavy atom. The van der Waals surface area contributed by atoms with E-state index in [4.69, 9.17) is 18.9 Å². The highest BCUT2D eigenvalue weighted by Gasteiger charge is 2.45. The van der Waals surface area contributed by atoms with Crippen LogP contribution in [-0.2, 0) is 34.1 Å². The van der Waals surface area contributed by atoms with Crippen molar-refractivity contribution in [3.63, 3.8) is 0 Å². The minimum Gasteiger partial charge on any atom is -0.494 e. The Hall–Kier alpha value is -7.66. The van der Waals surface area contributed by atoms with E-state index in [0.29, 0.717) is 77.2 Å². The molecule has 2 atom stereocenters. The van der Waals surface area contributed by atoms with Crippen LogP contribution in [0.2, 0.25) is 0 Å². The fourth-order valence-electron chi connectivity index (χ4n) is 10.2. The zero-order chi connectivity index (χ0) is 55.1. The third-order valence-electron chi connectivity index (χ3n) is 14.7. The standard InChI is InChI=1S/C57H68FN11O10/c1-38(61-52(72)41-7-6-8-42(35-41)64-57(18-22-60-23-19-57)56-63-51(65-66-56)40-15-20-59-21-16-40)39-9-11-43(12-10-39)79-29-5-3-2-4-28-76-31-33-78-34-32-77-30-17-50(71)68-26-24-67(25-27-68)48-37-45-44(36-46(48)58)54(74)69(55(45)75)47-13-14-49(70)62-53(47)73/h6-12,15-16,20-21,35-38,47,60,64H,2-5,13-14,17-19,22-34H2,1H3,(H,61,72)(H,62,70,73)(H,63,65,66)/t38-,47?/m1/s1. The van der Waals surface area contributed by atoms with Crippen molar-refractivity contribution in [1.82, 2.24) is 45.9 Å². The average molecular weight is 1090 g/mol. The molecule has 2 aromatic heterocycles. The molecule has 6 amide bonds. The summed E-state index contributed by atoms with van der Waals surface area (Å²) in [4.78, 5) is 88.4. The number of hydrogen-bond acceptors (Lipinski definition) is 16. The number of imide groups is 2. The molecule has 6 heterocycles. The number of aromatic nitrogens is 4. The van der Waals surface area contributed by atoms with Gasteiger partial charge in [-0.05, 0) is 119 Å². The lowest BCUT2D eigenvalue weighted by atomic mass is 9.87. The van der Waals surface area contributed by atoms with Crippen LogP contribution < -0.4 is 30.9 Å². The van der Waals surface area contributed by atoms with Gasteiger partial charge in [-0.3, -0.25) is 44.0 Å². The van der Waals surface area contributed by atoms with E-state index >= 15 is 4.39 Å². The maximum Gasteiger partial charge on any atom is 0.262 e. The van der Waals surface area contributed by atoms with Gasteiger partial charge in [0, 0.05) is 68.4 Å². The van der Waals surface area contributed by atoms with Crippen LogP contribution in [0.4, 0.5) is 15.8 Å². The molecule has 0 saturated carbocycles.